The molecule has 0 radical (unpaired) electrons. The Morgan fingerprint density at radius 3 is 2.69 bits per heavy atom. The molecule has 1 aliphatic carbocycles. The number of hydrogen-bond donors (Lipinski definition) is 1. The quantitative estimate of drug-likeness (QED) is 0.627. The first-order chi connectivity index (χ1) is 13.9. The SMILES string of the molecule is Cn1cc(S(=O)(=O)Nc2nc(Oc3cccc(Cl)c3)cc(C3CCCC3)n2)cn1. The Morgan fingerprint density at radius 2 is 2.00 bits per heavy atom. The topological polar surface area (TPSA) is 99.0 Å². The zero-order chi connectivity index (χ0) is 20.4. The van der Waals surface area contributed by atoms with E-state index in [4.69, 9.17) is 16.3 Å². The summed E-state index contributed by atoms with van der Waals surface area (Å²) in [6.45, 7) is 0. The normalized spacial score (nSPS) is 14.8. The van der Waals surface area contributed by atoms with Crippen molar-refractivity contribution < 1.29 is 13.2 Å². The van der Waals surface area contributed by atoms with Crippen LogP contribution in [0.1, 0.15) is 37.3 Å². The zero-order valence-corrected chi connectivity index (χ0v) is 17.3. The van der Waals surface area contributed by atoms with Crippen LogP contribution in [0.3, 0.4) is 0 Å². The lowest BCUT2D eigenvalue weighted by Gasteiger charge is -2.14. The molecule has 4 rings (SSSR count). The number of aryl methyl sites for hydroxylation is 1. The van der Waals surface area contributed by atoms with Crippen LogP contribution in [0.4, 0.5) is 5.95 Å². The van der Waals surface area contributed by atoms with Crippen molar-refractivity contribution in [2.24, 2.45) is 7.05 Å². The van der Waals surface area contributed by atoms with E-state index >= 15 is 0 Å². The molecule has 1 saturated carbocycles. The van der Waals surface area contributed by atoms with Gasteiger partial charge in [0.05, 0.1) is 11.9 Å². The summed E-state index contributed by atoms with van der Waals surface area (Å²) in [5.74, 6) is 0.985. The van der Waals surface area contributed by atoms with Gasteiger partial charge in [0.15, 0.2) is 0 Å². The Kier molecular flexibility index (Phi) is 5.42. The Bertz CT molecular complexity index is 1130. The summed E-state index contributed by atoms with van der Waals surface area (Å²) < 4.78 is 35.0. The van der Waals surface area contributed by atoms with Crippen molar-refractivity contribution in [2.75, 3.05) is 4.72 Å². The van der Waals surface area contributed by atoms with Gasteiger partial charge in [0.2, 0.25) is 11.8 Å². The molecule has 152 valence electrons. The summed E-state index contributed by atoms with van der Waals surface area (Å²) in [4.78, 5) is 8.75. The number of sulfonamides is 1. The highest BCUT2D eigenvalue weighted by atomic mass is 35.5. The second-order valence-corrected chi connectivity index (χ2v) is 9.07. The molecule has 3 aromatic rings. The van der Waals surface area contributed by atoms with E-state index in [0.717, 1.165) is 31.4 Å². The van der Waals surface area contributed by atoms with Gasteiger partial charge in [0, 0.05) is 30.3 Å². The minimum Gasteiger partial charge on any atom is -0.439 e. The van der Waals surface area contributed by atoms with Crippen LogP contribution in [0.15, 0.2) is 47.6 Å². The average Bonchev–Trinajstić information content (AvgIpc) is 3.33. The molecule has 0 atom stereocenters. The monoisotopic (exact) mass is 433 g/mol. The smallest absolute Gasteiger partial charge is 0.267 e. The predicted octanol–water partition coefficient (Wildman–Crippen LogP) is 4.11. The van der Waals surface area contributed by atoms with Crippen LogP contribution in [0.2, 0.25) is 5.02 Å². The van der Waals surface area contributed by atoms with Gasteiger partial charge in [-0.3, -0.25) is 4.68 Å². The van der Waals surface area contributed by atoms with Crippen LogP contribution in [0.5, 0.6) is 11.6 Å². The minimum atomic E-state index is -3.86. The fraction of sp³-hybridized carbons (Fsp3) is 0.316. The van der Waals surface area contributed by atoms with Crippen molar-refractivity contribution in [1.82, 2.24) is 19.7 Å². The number of aromatic nitrogens is 4. The van der Waals surface area contributed by atoms with E-state index in [1.54, 1.807) is 37.4 Å². The lowest BCUT2D eigenvalue weighted by atomic mass is 10.0. The van der Waals surface area contributed by atoms with E-state index in [1.165, 1.54) is 17.1 Å². The van der Waals surface area contributed by atoms with Crippen molar-refractivity contribution >= 4 is 27.6 Å². The molecule has 1 N–H and O–H groups in total. The summed E-state index contributed by atoms with van der Waals surface area (Å²) in [7, 11) is -2.22. The Balaban J connectivity index is 1.67. The summed E-state index contributed by atoms with van der Waals surface area (Å²) in [5, 5.41) is 4.44. The number of halogens is 1. The molecule has 0 aliphatic heterocycles. The zero-order valence-electron chi connectivity index (χ0n) is 15.7. The van der Waals surface area contributed by atoms with Crippen LogP contribution in [0, 0.1) is 0 Å². The highest BCUT2D eigenvalue weighted by Crippen LogP contribution is 2.35. The van der Waals surface area contributed by atoms with Gasteiger partial charge >= 0.3 is 0 Å². The fourth-order valence-corrected chi connectivity index (χ4v) is 4.45. The summed E-state index contributed by atoms with van der Waals surface area (Å²) in [5.41, 5.74) is 0.762. The van der Waals surface area contributed by atoms with E-state index in [2.05, 4.69) is 19.8 Å². The molecule has 0 unspecified atom stereocenters. The third kappa shape index (κ3) is 4.68. The highest BCUT2D eigenvalue weighted by Gasteiger charge is 2.23. The summed E-state index contributed by atoms with van der Waals surface area (Å²) >= 11 is 6.02. The lowest BCUT2D eigenvalue weighted by molar-refractivity contribution is 0.460. The first-order valence-corrected chi connectivity index (χ1v) is 11.1. The highest BCUT2D eigenvalue weighted by molar-refractivity contribution is 7.92. The van der Waals surface area contributed by atoms with Crippen LogP contribution in [-0.2, 0) is 17.1 Å². The first-order valence-electron chi connectivity index (χ1n) is 9.23. The molecule has 0 amide bonds. The maximum Gasteiger partial charge on any atom is 0.267 e. The molecule has 1 aromatic carbocycles. The summed E-state index contributed by atoms with van der Waals surface area (Å²) in [6, 6.07) is 8.69. The number of rotatable bonds is 6. The Morgan fingerprint density at radius 1 is 1.21 bits per heavy atom. The molecular weight excluding hydrogens is 414 g/mol. The third-order valence-corrected chi connectivity index (χ3v) is 6.25. The standard InChI is InChI=1S/C19H20ClN5O3S/c1-25-12-16(11-21-25)29(26,27)24-19-22-17(13-5-2-3-6-13)10-18(23-19)28-15-8-4-7-14(20)9-15/h4,7-13H,2-3,5-6H2,1H3,(H,22,23,24). The molecule has 0 saturated heterocycles. The predicted molar refractivity (Wildman–Crippen MR) is 109 cm³/mol. The van der Waals surface area contributed by atoms with Gasteiger partial charge in [0.1, 0.15) is 10.6 Å². The number of hydrogen-bond acceptors (Lipinski definition) is 6. The number of nitrogens with zero attached hydrogens (tertiary/aromatic N) is 4. The maximum absolute atomic E-state index is 12.7. The maximum atomic E-state index is 12.7. The van der Waals surface area contributed by atoms with Crippen molar-refractivity contribution in [3.63, 3.8) is 0 Å². The fourth-order valence-electron chi connectivity index (χ4n) is 3.34. The van der Waals surface area contributed by atoms with Gasteiger partial charge < -0.3 is 4.74 Å². The molecule has 8 nitrogen and oxygen atoms in total. The van der Waals surface area contributed by atoms with Crippen LogP contribution in [0.25, 0.3) is 0 Å². The van der Waals surface area contributed by atoms with Crippen LogP contribution in [-0.4, -0.2) is 28.2 Å². The molecule has 29 heavy (non-hydrogen) atoms. The largest absolute Gasteiger partial charge is 0.439 e. The Hall–Kier alpha value is -2.65. The lowest BCUT2D eigenvalue weighted by Crippen LogP contribution is -2.16. The van der Waals surface area contributed by atoms with Gasteiger partial charge in [0.25, 0.3) is 10.0 Å². The molecule has 0 spiro atoms. The van der Waals surface area contributed by atoms with E-state index < -0.39 is 10.0 Å². The van der Waals surface area contributed by atoms with Crippen LogP contribution < -0.4 is 9.46 Å². The van der Waals surface area contributed by atoms with Crippen LogP contribution >= 0.6 is 11.6 Å². The molecule has 10 heteroatoms. The molecule has 1 aliphatic rings. The minimum absolute atomic E-state index is 0.0321. The van der Waals surface area contributed by atoms with Gasteiger partial charge in [-0.25, -0.2) is 18.1 Å². The van der Waals surface area contributed by atoms with Crippen molar-refractivity contribution in [3.05, 3.63) is 53.4 Å². The first kappa shape index (κ1) is 19.7. The van der Waals surface area contributed by atoms with Crippen molar-refractivity contribution in [1.29, 1.82) is 0 Å². The summed E-state index contributed by atoms with van der Waals surface area (Å²) in [6.07, 6.45) is 6.93. The van der Waals surface area contributed by atoms with Crippen molar-refractivity contribution in [3.8, 4) is 11.6 Å². The van der Waals surface area contributed by atoms with Gasteiger partial charge in [-0.1, -0.05) is 30.5 Å². The number of ether oxygens (including phenoxy) is 1. The molecular formula is C19H20ClN5O3S. The molecule has 0 bridgehead atoms. The average molecular weight is 434 g/mol. The second kappa shape index (κ2) is 8.00. The molecule has 2 aromatic heterocycles. The third-order valence-electron chi connectivity index (χ3n) is 4.73. The number of nitrogens with one attached hydrogen (secondary N) is 1. The Labute approximate surface area is 174 Å². The number of benzene rings is 1. The van der Waals surface area contributed by atoms with Crippen molar-refractivity contribution in [2.45, 2.75) is 36.5 Å². The van der Waals surface area contributed by atoms with E-state index in [9.17, 15) is 8.42 Å². The van der Waals surface area contributed by atoms with E-state index in [0.29, 0.717) is 10.8 Å². The van der Waals surface area contributed by atoms with E-state index in [1.807, 2.05) is 0 Å². The second-order valence-electron chi connectivity index (χ2n) is 6.95. The number of anilines is 1. The van der Waals surface area contributed by atoms with Gasteiger partial charge in [-0.05, 0) is 31.0 Å². The molecule has 2 heterocycles. The van der Waals surface area contributed by atoms with Gasteiger partial charge in [-0.2, -0.15) is 10.1 Å². The molecule has 1 fully saturated rings. The van der Waals surface area contributed by atoms with Gasteiger partial charge in [-0.15, -0.1) is 0 Å². The van der Waals surface area contributed by atoms with E-state index in [-0.39, 0.29) is 22.6 Å².